The Morgan fingerprint density at radius 1 is 1.37 bits per heavy atom. The molecule has 3 rings (SSSR count). The normalized spacial score (nSPS) is 16.2. The Bertz CT molecular complexity index is 571. The van der Waals surface area contributed by atoms with Crippen LogP contribution in [0.1, 0.15) is 51.4 Å². The summed E-state index contributed by atoms with van der Waals surface area (Å²) in [6, 6.07) is 2.70. The summed E-state index contributed by atoms with van der Waals surface area (Å²) in [5.41, 5.74) is 8.32. The minimum atomic E-state index is 0.00160. The van der Waals surface area contributed by atoms with E-state index in [9.17, 15) is 0 Å². The summed E-state index contributed by atoms with van der Waals surface area (Å²) in [6.07, 6.45) is 8.30. The molecule has 1 aliphatic carbocycles. The van der Waals surface area contributed by atoms with Crippen molar-refractivity contribution in [2.45, 2.75) is 51.0 Å². The molecule has 0 atom stereocenters. The molecule has 0 unspecified atom stereocenters. The molecule has 2 N–H and O–H groups in total. The first-order valence-electron chi connectivity index (χ1n) is 7.28. The van der Waals surface area contributed by atoms with Gasteiger partial charge in [0.2, 0.25) is 0 Å². The summed E-state index contributed by atoms with van der Waals surface area (Å²) < 4.78 is 2.43. The fourth-order valence-corrected chi connectivity index (χ4v) is 2.97. The monoisotopic (exact) mass is 258 g/mol. The number of hydrogen-bond donors (Lipinski definition) is 1. The van der Waals surface area contributed by atoms with Gasteiger partial charge in [0.25, 0.3) is 0 Å². The van der Waals surface area contributed by atoms with E-state index < -0.39 is 0 Å². The molecule has 0 spiro atoms. The van der Waals surface area contributed by atoms with Gasteiger partial charge in [-0.3, -0.25) is 4.98 Å². The van der Waals surface area contributed by atoms with E-state index in [1.165, 1.54) is 24.2 Å². The Kier molecular flexibility index (Phi) is 3.05. The predicted octanol–water partition coefficient (Wildman–Crippen LogP) is 2.78. The summed E-state index contributed by atoms with van der Waals surface area (Å²) in [4.78, 5) is 9.08. The molecule has 0 aliphatic heterocycles. The third-order valence-electron chi connectivity index (χ3n) is 4.62. The molecule has 102 valence electrons. The van der Waals surface area contributed by atoms with Gasteiger partial charge >= 0.3 is 0 Å². The molecule has 0 amide bonds. The van der Waals surface area contributed by atoms with Gasteiger partial charge in [0.05, 0.1) is 11.7 Å². The van der Waals surface area contributed by atoms with Gasteiger partial charge in [-0.1, -0.05) is 13.8 Å². The standard InChI is InChI=1S/C15H22N4/c1-3-15(4-2,10-16)14-18-12-9-17-8-7-13(12)19(14)11-5-6-11/h7-9,11H,3-6,10,16H2,1-2H3. The number of nitrogens with two attached hydrogens (primary N) is 1. The fraction of sp³-hybridized carbons (Fsp3) is 0.600. The molecule has 0 aromatic carbocycles. The average Bonchev–Trinajstić information content (AvgIpc) is 3.22. The molecule has 0 radical (unpaired) electrons. The Labute approximate surface area is 114 Å². The molecule has 2 aromatic rings. The van der Waals surface area contributed by atoms with Crippen molar-refractivity contribution in [2.24, 2.45) is 5.73 Å². The van der Waals surface area contributed by atoms with Crippen molar-refractivity contribution in [3.63, 3.8) is 0 Å². The minimum Gasteiger partial charge on any atom is -0.329 e. The number of imidazole rings is 1. The number of nitrogens with zero attached hydrogens (tertiary/aromatic N) is 3. The van der Waals surface area contributed by atoms with E-state index in [4.69, 9.17) is 10.7 Å². The molecule has 1 saturated carbocycles. The minimum absolute atomic E-state index is 0.00160. The van der Waals surface area contributed by atoms with E-state index in [0.29, 0.717) is 12.6 Å². The summed E-state index contributed by atoms with van der Waals surface area (Å²) in [5.74, 6) is 1.17. The van der Waals surface area contributed by atoms with Crippen LogP contribution >= 0.6 is 0 Å². The van der Waals surface area contributed by atoms with Gasteiger partial charge in [-0.25, -0.2) is 4.98 Å². The highest BCUT2D eigenvalue weighted by Gasteiger charge is 2.37. The lowest BCUT2D eigenvalue weighted by molar-refractivity contribution is 0.368. The lowest BCUT2D eigenvalue weighted by Crippen LogP contribution is -2.36. The van der Waals surface area contributed by atoms with E-state index in [0.717, 1.165) is 18.4 Å². The fourth-order valence-electron chi connectivity index (χ4n) is 2.97. The summed E-state index contributed by atoms with van der Waals surface area (Å²) in [5, 5.41) is 0. The Morgan fingerprint density at radius 3 is 2.68 bits per heavy atom. The van der Waals surface area contributed by atoms with Gasteiger partial charge in [0, 0.05) is 24.2 Å². The van der Waals surface area contributed by atoms with Crippen molar-refractivity contribution in [1.29, 1.82) is 0 Å². The topological polar surface area (TPSA) is 56.7 Å². The number of rotatable bonds is 5. The van der Waals surface area contributed by atoms with E-state index in [-0.39, 0.29) is 5.41 Å². The van der Waals surface area contributed by atoms with Crippen molar-refractivity contribution in [3.05, 3.63) is 24.3 Å². The molecule has 0 bridgehead atoms. The number of fused-ring (bicyclic) bond motifs is 1. The number of hydrogen-bond acceptors (Lipinski definition) is 3. The highest BCUT2D eigenvalue weighted by atomic mass is 15.1. The second kappa shape index (κ2) is 4.60. The van der Waals surface area contributed by atoms with Gasteiger partial charge in [-0.2, -0.15) is 0 Å². The van der Waals surface area contributed by atoms with Gasteiger partial charge in [0.1, 0.15) is 11.3 Å². The van der Waals surface area contributed by atoms with Crippen molar-refractivity contribution >= 4 is 11.0 Å². The van der Waals surface area contributed by atoms with E-state index >= 15 is 0 Å². The van der Waals surface area contributed by atoms with Gasteiger partial charge in [-0.05, 0) is 31.7 Å². The third-order valence-corrected chi connectivity index (χ3v) is 4.62. The first kappa shape index (κ1) is 12.6. The highest BCUT2D eigenvalue weighted by molar-refractivity contribution is 5.75. The van der Waals surface area contributed by atoms with E-state index in [1.54, 1.807) is 0 Å². The van der Waals surface area contributed by atoms with Gasteiger partial charge < -0.3 is 10.3 Å². The van der Waals surface area contributed by atoms with E-state index in [2.05, 4.69) is 29.5 Å². The Hall–Kier alpha value is -1.42. The lowest BCUT2D eigenvalue weighted by atomic mass is 9.81. The van der Waals surface area contributed by atoms with Gasteiger partial charge in [-0.15, -0.1) is 0 Å². The average molecular weight is 258 g/mol. The highest BCUT2D eigenvalue weighted by Crippen LogP contribution is 2.42. The molecule has 4 nitrogen and oxygen atoms in total. The first-order chi connectivity index (χ1) is 9.25. The van der Waals surface area contributed by atoms with Crippen molar-refractivity contribution in [2.75, 3.05) is 6.54 Å². The van der Waals surface area contributed by atoms with Crippen LogP contribution in [-0.2, 0) is 5.41 Å². The number of aromatic nitrogens is 3. The predicted molar refractivity (Wildman–Crippen MR) is 77.1 cm³/mol. The summed E-state index contributed by atoms with van der Waals surface area (Å²) >= 11 is 0. The van der Waals surface area contributed by atoms with Gasteiger partial charge in [0.15, 0.2) is 0 Å². The molecule has 1 fully saturated rings. The van der Waals surface area contributed by atoms with Crippen LogP contribution in [0, 0.1) is 0 Å². The van der Waals surface area contributed by atoms with E-state index in [1.807, 2.05) is 12.4 Å². The van der Waals surface area contributed by atoms with Crippen LogP contribution in [0.5, 0.6) is 0 Å². The SMILES string of the molecule is CCC(CC)(CN)c1nc2cnccc2n1C1CC1. The maximum absolute atomic E-state index is 6.10. The number of pyridine rings is 1. The zero-order chi connectivity index (χ0) is 13.5. The van der Waals surface area contributed by atoms with Crippen molar-refractivity contribution in [1.82, 2.24) is 14.5 Å². The quantitative estimate of drug-likeness (QED) is 0.897. The largest absolute Gasteiger partial charge is 0.329 e. The molecular weight excluding hydrogens is 236 g/mol. The Balaban J connectivity index is 2.24. The zero-order valence-corrected chi connectivity index (χ0v) is 11.8. The summed E-state index contributed by atoms with van der Waals surface area (Å²) in [7, 11) is 0. The zero-order valence-electron chi connectivity index (χ0n) is 11.8. The smallest absolute Gasteiger partial charge is 0.117 e. The molecule has 0 saturated heterocycles. The molecule has 1 aliphatic rings. The molecular formula is C15H22N4. The molecule has 2 heterocycles. The van der Waals surface area contributed by atoms with Crippen LogP contribution in [0.3, 0.4) is 0 Å². The third kappa shape index (κ3) is 1.86. The van der Waals surface area contributed by atoms with Crippen molar-refractivity contribution in [3.8, 4) is 0 Å². The molecule has 19 heavy (non-hydrogen) atoms. The second-order valence-corrected chi connectivity index (χ2v) is 5.59. The summed E-state index contributed by atoms with van der Waals surface area (Å²) in [6.45, 7) is 5.08. The van der Waals surface area contributed by atoms with Crippen molar-refractivity contribution < 1.29 is 0 Å². The second-order valence-electron chi connectivity index (χ2n) is 5.59. The maximum atomic E-state index is 6.10. The maximum Gasteiger partial charge on any atom is 0.117 e. The van der Waals surface area contributed by atoms with Crippen LogP contribution in [0.25, 0.3) is 11.0 Å². The van der Waals surface area contributed by atoms with Crippen LogP contribution in [0.15, 0.2) is 18.5 Å². The molecule has 2 aromatic heterocycles. The van der Waals surface area contributed by atoms with Crippen LogP contribution in [-0.4, -0.2) is 21.1 Å². The van der Waals surface area contributed by atoms with Crippen LogP contribution in [0.2, 0.25) is 0 Å². The first-order valence-corrected chi connectivity index (χ1v) is 7.28. The van der Waals surface area contributed by atoms with Crippen LogP contribution < -0.4 is 5.73 Å². The lowest BCUT2D eigenvalue weighted by Gasteiger charge is -2.30. The molecule has 4 heteroatoms. The Morgan fingerprint density at radius 2 is 2.11 bits per heavy atom. The van der Waals surface area contributed by atoms with Crippen LogP contribution in [0.4, 0.5) is 0 Å².